The molecule has 2 heterocycles. The zero-order valence-corrected chi connectivity index (χ0v) is 10.9. The van der Waals surface area contributed by atoms with E-state index in [2.05, 4.69) is 21.4 Å². The topological polar surface area (TPSA) is 70.3 Å². The number of aromatic nitrogens is 2. The molecule has 2 aromatic rings. The van der Waals surface area contributed by atoms with Crippen molar-refractivity contribution in [2.75, 3.05) is 19.5 Å². The van der Waals surface area contributed by atoms with Crippen LogP contribution in [-0.4, -0.2) is 23.7 Å². The lowest BCUT2D eigenvalue weighted by Gasteiger charge is -2.07. The van der Waals surface area contributed by atoms with E-state index in [0.29, 0.717) is 30.7 Å². The summed E-state index contributed by atoms with van der Waals surface area (Å²) < 4.78 is 10.5. The third-order valence-electron chi connectivity index (χ3n) is 2.22. The molecular weight excluding hydrogens is 250 g/mol. The van der Waals surface area contributed by atoms with E-state index in [9.17, 15) is 0 Å². The first-order chi connectivity index (χ1) is 8.78. The van der Waals surface area contributed by atoms with E-state index in [1.165, 1.54) is 4.88 Å². The smallest absolute Gasteiger partial charge is 0.218 e. The summed E-state index contributed by atoms with van der Waals surface area (Å²) in [5.41, 5.74) is 5.67. The van der Waals surface area contributed by atoms with Gasteiger partial charge < -0.3 is 15.2 Å². The van der Waals surface area contributed by atoms with Gasteiger partial charge in [0.15, 0.2) is 5.82 Å². The van der Waals surface area contributed by atoms with E-state index in [1.54, 1.807) is 24.5 Å². The molecule has 0 saturated carbocycles. The predicted molar refractivity (Wildman–Crippen MR) is 70.7 cm³/mol. The first-order valence-electron chi connectivity index (χ1n) is 5.55. The van der Waals surface area contributed by atoms with Gasteiger partial charge in [0, 0.05) is 24.5 Å². The average molecular weight is 265 g/mol. The molecule has 0 fully saturated rings. The van der Waals surface area contributed by atoms with Gasteiger partial charge in [0.25, 0.3) is 0 Å². The van der Waals surface area contributed by atoms with E-state index < -0.39 is 0 Å². The maximum absolute atomic E-state index is 5.67. The maximum Gasteiger partial charge on any atom is 0.218 e. The largest absolute Gasteiger partial charge is 0.477 e. The lowest BCUT2D eigenvalue weighted by atomic mass is 10.4. The molecule has 0 saturated heterocycles. The first kappa shape index (κ1) is 12.8. The number of nitrogens with zero attached hydrogens (tertiary/aromatic N) is 2. The Morgan fingerprint density at radius 2 is 2.28 bits per heavy atom. The van der Waals surface area contributed by atoms with E-state index in [1.807, 2.05) is 6.07 Å². The molecule has 0 atom stereocenters. The van der Waals surface area contributed by atoms with Crippen LogP contribution in [0.4, 0.5) is 5.82 Å². The van der Waals surface area contributed by atoms with Crippen molar-refractivity contribution < 1.29 is 9.47 Å². The molecule has 96 valence electrons. The standard InChI is InChI=1S/C12H15N3O2S/c1-16-8-11-14-10(13)7-12(15-11)17-5-4-9-3-2-6-18-9/h2-3,6-7H,4-5,8H2,1H3,(H2,13,14,15). The van der Waals surface area contributed by atoms with Crippen molar-refractivity contribution in [1.29, 1.82) is 0 Å². The van der Waals surface area contributed by atoms with Gasteiger partial charge in [-0.05, 0) is 11.4 Å². The van der Waals surface area contributed by atoms with E-state index in [0.717, 1.165) is 6.42 Å². The van der Waals surface area contributed by atoms with Crippen molar-refractivity contribution in [2.24, 2.45) is 0 Å². The summed E-state index contributed by atoms with van der Waals surface area (Å²) in [4.78, 5) is 9.54. The molecule has 0 aromatic carbocycles. The number of ether oxygens (including phenoxy) is 2. The number of anilines is 1. The van der Waals surface area contributed by atoms with E-state index in [4.69, 9.17) is 15.2 Å². The Kier molecular flexibility index (Phi) is 4.49. The second kappa shape index (κ2) is 6.32. The number of rotatable bonds is 6. The van der Waals surface area contributed by atoms with Gasteiger partial charge in [-0.3, -0.25) is 0 Å². The zero-order chi connectivity index (χ0) is 12.8. The molecule has 0 aliphatic rings. The van der Waals surface area contributed by atoms with Gasteiger partial charge in [-0.1, -0.05) is 6.07 Å². The normalized spacial score (nSPS) is 10.5. The molecule has 0 amide bonds. The summed E-state index contributed by atoms with van der Waals surface area (Å²) in [6.45, 7) is 0.899. The van der Waals surface area contributed by atoms with Crippen LogP contribution < -0.4 is 10.5 Å². The molecule has 5 nitrogen and oxygen atoms in total. The third-order valence-corrected chi connectivity index (χ3v) is 3.16. The molecule has 2 rings (SSSR count). The zero-order valence-electron chi connectivity index (χ0n) is 10.1. The maximum atomic E-state index is 5.67. The number of hydrogen-bond donors (Lipinski definition) is 1. The molecular formula is C12H15N3O2S. The van der Waals surface area contributed by atoms with Crippen LogP contribution in [0.1, 0.15) is 10.7 Å². The number of methoxy groups -OCH3 is 1. The molecule has 0 aliphatic carbocycles. The Hall–Kier alpha value is -1.66. The number of thiophene rings is 1. The predicted octanol–water partition coefficient (Wildman–Crippen LogP) is 1.89. The molecule has 2 aromatic heterocycles. The minimum absolute atomic E-state index is 0.326. The van der Waals surface area contributed by atoms with Gasteiger partial charge in [0.1, 0.15) is 12.4 Å². The van der Waals surface area contributed by atoms with Gasteiger partial charge >= 0.3 is 0 Å². The highest BCUT2D eigenvalue weighted by Gasteiger charge is 2.04. The van der Waals surface area contributed by atoms with Crippen LogP contribution in [0.3, 0.4) is 0 Å². The van der Waals surface area contributed by atoms with Crippen molar-refractivity contribution in [3.05, 3.63) is 34.3 Å². The summed E-state index contributed by atoms with van der Waals surface area (Å²) in [5, 5.41) is 2.05. The van der Waals surface area contributed by atoms with Crippen molar-refractivity contribution in [3.8, 4) is 5.88 Å². The van der Waals surface area contributed by atoms with Gasteiger partial charge in [0.05, 0.1) is 6.61 Å². The van der Waals surface area contributed by atoms with Crippen LogP contribution in [0.25, 0.3) is 0 Å². The van der Waals surface area contributed by atoms with Crippen molar-refractivity contribution in [1.82, 2.24) is 9.97 Å². The van der Waals surface area contributed by atoms with Gasteiger partial charge in [0.2, 0.25) is 5.88 Å². The molecule has 0 aliphatic heterocycles. The quantitative estimate of drug-likeness (QED) is 0.863. The highest BCUT2D eigenvalue weighted by molar-refractivity contribution is 7.09. The van der Waals surface area contributed by atoms with E-state index >= 15 is 0 Å². The Bertz CT molecular complexity index is 488. The van der Waals surface area contributed by atoms with Gasteiger partial charge in [-0.2, -0.15) is 4.98 Å². The van der Waals surface area contributed by atoms with Crippen LogP contribution in [0.2, 0.25) is 0 Å². The summed E-state index contributed by atoms with van der Waals surface area (Å²) >= 11 is 1.72. The lowest BCUT2D eigenvalue weighted by Crippen LogP contribution is -2.06. The van der Waals surface area contributed by atoms with Crippen LogP contribution >= 0.6 is 11.3 Å². The minimum Gasteiger partial charge on any atom is -0.477 e. The van der Waals surface area contributed by atoms with Gasteiger partial charge in [-0.15, -0.1) is 11.3 Å². The molecule has 18 heavy (non-hydrogen) atoms. The van der Waals surface area contributed by atoms with Crippen molar-refractivity contribution >= 4 is 17.2 Å². The second-order valence-corrected chi connectivity index (χ2v) is 4.69. The monoisotopic (exact) mass is 265 g/mol. The van der Waals surface area contributed by atoms with E-state index in [-0.39, 0.29) is 0 Å². The highest BCUT2D eigenvalue weighted by Crippen LogP contribution is 2.13. The fourth-order valence-corrected chi connectivity index (χ4v) is 2.16. The Labute approximate surface area is 110 Å². The highest BCUT2D eigenvalue weighted by atomic mass is 32.1. The molecule has 0 spiro atoms. The summed E-state index contributed by atoms with van der Waals surface area (Å²) in [6, 6.07) is 5.73. The SMILES string of the molecule is COCc1nc(N)cc(OCCc2cccs2)n1. The Balaban J connectivity index is 1.92. The summed E-state index contributed by atoms with van der Waals surface area (Å²) in [6.07, 6.45) is 0.862. The van der Waals surface area contributed by atoms with Crippen LogP contribution in [0, 0.1) is 0 Å². The molecule has 0 radical (unpaired) electrons. The molecule has 0 unspecified atom stereocenters. The number of nitrogens with two attached hydrogens (primary N) is 1. The fraction of sp³-hybridized carbons (Fsp3) is 0.333. The fourth-order valence-electron chi connectivity index (χ4n) is 1.47. The van der Waals surface area contributed by atoms with Gasteiger partial charge in [-0.25, -0.2) is 4.98 Å². The number of hydrogen-bond acceptors (Lipinski definition) is 6. The van der Waals surface area contributed by atoms with Crippen molar-refractivity contribution in [3.63, 3.8) is 0 Å². The lowest BCUT2D eigenvalue weighted by molar-refractivity contribution is 0.176. The summed E-state index contributed by atoms with van der Waals surface area (Å²) in [7, 11) is 1.59. The van der Waals surface area contributed by atoms with Crippen LogP contribution in [0.5, 0.6) is 5.88 Å². The average Bonchev–Trinajstić information content (AvgIpc) is 2.82. The molecule has 2 N–H and O–H groups in total. The second-order valence-electron chi connectivity index (χ2n) is 3.66. The number of nitrogen functional groups attached to an aromatic ring is 1. The van der Waals surface area contributed by atoms with Crippen molar-refractivity contribution in [2.45, 2.75) is 13.0 Å². The van der Waals surface area contributed by atoms with Crippen LogP contribution in [0.15, 0.2) is 23.6 Å². The first-order valence-corrected chi connectivity index (χ1v) is 6.43. The minimum atomic E-state index is 0.326. The molecule has 0 bridgehead atoms. The Morgan fingerprint density at radius 3 is 3.00 bits per heavy atom. The Morgan fingerprint density at radius 1 is 1.39 bits per heavy atom. The third kappa shape index (κ3) is 3.68. The summed E-state index contributed by atoms with van der Waals surface area (Å²) in [5.74, 6) is 1.41. The van der Waals surface area contributed by atoms with Crippen LogP contribution in [-0.2, 0) is 17.8 Å². The molecule has 6 heteroatoms.